The van der Waals surface area contributed by atoms with E-state index in [-0.39, 0.29) is 0 Å². The average molecular weight is 233 g/mol. The fourth-order valence-corrected chi connectivity index (χ4v) is 1.51. The van der Waals surface area contributed by atoms with Crippen LogP contribution in [0.3, 0.4) is 0 Å². The summed E-state index contributed by atoms with van der Waals surface area (Å²) in [6.07, 6.45) is 0. The fraction of sp³-hybridized carbons (Fsp3) is 0.462. The zero-order chi connectivity index (χ0) is 12.7. The highest BCUT2D eigenvalue weighted by Crippen LogP contribution is 2.19. The van der Waals surface area contributed by atoms with Gasteiger partial charge in [0.1, 0.15) is 5.75 Å². The Kier molecular flexibility index (Phi) is 5.47. The van der Waals surface area contributed by atoms with Crippen molar-refractivity contribution in [2.75, 3.05) is 34.3 Å². The smallest absolute Gasteiger partial charge is 0.123 e. The molecule has 0 spiro atoms. The standard InChI is InChI=1S/C13H19N3O/c1-16(2)7-6-15-10-12-8-11(9-14)4-5-13(12)17-3/h4-5,8,15H,6-7,10H2,1-3H3. The van der Waals surface area contributed by atoms with Gasteiger partial charge >= 0.3 is 0 Å². The number of rotatable bonds is 6. The Hall–Kier alpha value is -1.57. The predicted molar refractivity (Wildman–Crippen MR) is 68.0 cm³/mol. The van der Waals surface area contributed by atoms with Crippen LogP contribution in [0.25, 0.3) is 0 Å². The number of ether oxygens (including phenoxy) is 1. The Morgan fingerprint density at radius 2 is 2.18 bits per heavy atom. The van der Waals surface area contributed by atoms with Gasteiger partial charge in [-0.25, -0.2) is 0 Å². The number of nitrogens with zero attached hydrogens (tertiary/aromatic N) is 2. The van der Waals surface area contributed by atoms with Crippen molar-refractivity contribution in [1.82, 2.24) is 10.2 Å². The molecular weight excluding hydrogens is 214 g/mol. The largest absolute Gasteiger partial charge is 0.496 e. The number of methoxy groups -OCH3 is 1. The summed E-state index contributed by atoms with van der Waals surface area (Å²) in [6.45, 7) is 2.61. The van der Waals surface area contributed by atoms with E-state index in [9.17, 15) is 0 Å². The highest BCUT2D eigenvalue weighted by Gasteiger charge is 2.03. The van der Waals surface area contributed by atoms with Gasteiger partial charge in [0.2, 0.25) is 0 Å². The summed E-state index contributed by atoms with van der Waals surface area (Å²) in [7, 11) is 5.72. The molecule has 0 aliphatic rings. The number of nitriles is 1. The molecule has 0 unspecified atom stereocenters. The van der Waals surface area contributed by atoms with Crippen LogP contribution in [0.4, 0.5) is 0 Å². The van der Waals surface area contributed by atoms with Gasteiger partial charge in [-0.05, 0) is 32.3 Å². The summed E-state index contributed by atoms with van der Waals surface area (Å²) in [6, 6.07) is 7.60. The molecule has 1 aromatic rings. The molecule has 1 N–H and O–H groups in total. The molecule has 0 saturated heterocycles. The zero-order valence-corrected chi connectivity index (χ0v) is 10.7. The van der Waals surface area contributed by atoms with Gasteiger partial charge in [-0.3, -0.25) is 0 Å². The highest BCUT2D eigenvalue weighted by atomic mass is 16.5. The first kappa shape index (κ1) is 13.5. The Bertz CT molecular complexity index is 396. The average Bonchev–Trinajstić information content (AvgIpc) is 2.34. The van der Waals surface area contributed by atoms with Gasteiger partial charge in [0.25, 0.3) is 0 Å². The minimum absolute atomic E-state index is 0.662. The molecule has 1 aromatic carbocycles. The van der Waals surface area contributed by atoms with E-state index in [1.165, 1.54) is 0 Å². The van der Waals surface area contributed by atoms with Gasteiger partial charge in [-0.2, -0.15) is 5.26 Å². The van der Waals surface area contributed by atoms with Crippen molar-refractivity contribution in [1.29, 1.82) is 5.26 Å². The molecule has 0 radical (unpaired) electrons. The monoisotopic (exact) mass is 233 g/mol. The summed E-state index contributed by atoms with van der Waals surface area (Å²) in [5.74, 6) is 0.821. The van der Waals surface area contributed by atoms with E-state index in [0.29, 0.717) is 12.1 Å². The van der Waals surface area contributed by atoms with Gasteiger partial charge < -0.3 is 15.0 Å². The molecule has 0 amide bonds. The maximum absolute atomic E-state index is 8.85. The second kappa shape index (κ2) is 6.89. The highest BCUT2D eigenvalue weighted by molar-refractivity contribution is 5.41. The lowest BCUT2D eigenvalue weighted by molar-refractivity contribution is 0.392. The third-order valence-electron chi connectivity index (χ3n) is 2.46. The lowest BCUT2D eigenvalue weighted by Crippen LogP contribution is -2.26. The molecule has 92 valence electrons. The maximum atomic E-state index is 8.85. The van der Waals surface area contributed by atoms with Gasteiger partial charge in [-0.15, -0.1) is 0 Å². The molecule has 0 saturated carbocycles. The minimum Gasteiger partial charge on any atom is -0.496 e. The second-order valence-corrected chi connectivity index (χ2v) is 4.12. The molecule has 0 atom stereocenters. The summed E-state index contributed by atoms with van der Waals surface area (Å²) < 4.78 is 5.26. The molecule has 0 aliphatic carbocycles. The number of hydrogen-bond donors (Lipinski definition) is 1. The third-order valence-corrected chi connectivity index (χ3v) is 2.46. The van der Waals surface area contributed by atoms with Crippen molar-refractivity contribution >= 4 is 0 Å². The molecular formula is C13H19N3O. The van der Waals surface area contributed by atoms with Crippen molar-refractivity contribution < 1.29 is 4.74 Å². The summed E-state index contributed by atoms with van der Waals surface area (Å²) in [5, 5.41) is 12.2. The first-order valence-corrected chi connectivity index (χ1v) is 5.60. The summed E-state index contributed by atoms with van der Waals surface area (Å²) in [5.41, 5.74) is 1.68. The van der Waals surface area contributed by atoms with E-state index in [0.717, 1.165) is 24.4 Å². The predicted octanol–water partition coefficient (Wildman–Crippen LogP) is 1.22. The quantitative estimate of drug-likeness (QED) is 0.750. The van der Waals surface area contributed by atoms with Crippen LogP contribution in [0, 0.1) is 11.3 Å². The van der Waals surface area contributed by atoms with Crippen LogP contribution in [0.15, 0.2) is 18.2 Å². The molecule has 4 nitrogen and oxygen atoms in total. The van der Waals surface area contributed by atoms with Crippen LogP contribution in [-0.2, 0) is 6.54 Å². The van der Waals surface area contributed by atoms with E-state index < -0.39 is 0 Å². The topological polar surface area (TPSA) is 48.3 Å². The molecule has 0 aliphatic heterocycles. The van der Waals surface area contributed by atoms with Crippen molar-refractivity contribution in [3.05, 3.63) is 29.3 Å². The van der Waals surface area contributed by atoms with Crippen molar-refractivity contribution in [2.45, 2.75) is 6.54 Å². The molecule has 0 fully saturated rings. The van der Waals surface area contributed by atoms with Crippen LogP contribution in [0.2, 0.25) is 0 Å². The van der Waals surface area contributed by atoms with Crippen LogP contribution in [0.5, 0.6) is 5.75 Å². The van der Waals surface area contributed by atoms with Crippen molar-refractivity contribution in [3.63, 3.8) is 0 Å². The lowest BCUT2D eigenvalue weighted by atomic mass is 10.1. The van der Waals surface area contributed by atoms with Crippen LogP contribution >= 0.6 is 0 Å². The zero-order valence-electron chi connectivity index (χ0n) is 10.7. The van der Waals surface area contributed by atoms with Crippen LogP contribution in [-0.4, -0.2) is 39.2 Å². The SMILES string of the molecule is COc1ccc(C#N)cc1CNCCN(C)C. The number of likely N-dealkylation sites (N-methyl/N-ethyl adjacent to an activating group) is 1. The van der Waals surface area contributed by atoms with Crippen LogP contribution < -0.4 is 10.1 Å². The van der Waals surface area contributed by atoms with E-state index >= 15 is 0 Å². The number of nitrogens with one attached hydrogen (secondary N) is 1. The van der Waals surface area contributed by atoms with Gasteiger partial charge in [-0.1, -0.05) is 0 Å². The fourth-order valence-electron chi connectivity index (χ4n) is 1.51. The first-order valence-electron chi connectivity index (χ1n) is 5.60. The molecule has 0 heterocycles. The van der Waals surface area contributed by atoms with Gasteiger partial charge in [0.05, 0.1) is 18.7 Å². The van der Waals surface area contributed by atoms with E-state index in [1.807, 2.05) is 26.2 Å². The second-order valence-electron chi connectivity index (χ2n) is 4.12. The molecule has 0 aromatic heterocycles. The van der Waals surface area contributed by atoms with E-state index in [2.05, 4.69) is 16.3 Å². The maximum Gasteiger partial charge on any atom is 0.123 e. The van der Waals surface area contributed by atoms with E-state index in [1.54, 1.807) is 13.2 Å². The lowest BCUT2D eigenvalue weighted by Gasteiger charge is -2.12. The minimum atomic E-state index is 0.662. The Balaban J connectivity index is 2.59. The van der Waals surface area contributed by atoms with Crippen molar-refractivity contribution in [3.8, 4) is 11.8 Å². The Morgan fingerprint density at radius 3 is 2.76 bits per heavy atom. The van der Waals surface area contributed by atoms with E-state index in [4.69, 9.17) is 10.00 Å². The molecule has 0 bridgehead atoms. The normalized spacial score (nSPS) is 10.3. The van der Waals surface area contributed by atoms with Gasteiger partial charge in [0, 0.05) is 25.2 Å². The summed E-state index contributed by atoms with van der Waals surface area (Å²) in [4.78, 5) is 2.12. The number of hydrogen-bond acceptors (Lipinski definition) is 4. The number of benzene rings is 1. The van der Waals surface area contributed by atoms with Crippen molar-refractivity contribution in [2.24, 2.45) is 0 Å². The third kappa shape index (κ3) is 4.43. The molecule has 4 heteroatoms. The Morgan fingerprint density at radius 1 is 1.41 bits per heavy atom. The van der Waals surface area contributed by atoms with Crippen LogP contribution in [0.1, 0.15) is 11.1 Å². The summed E-state index contributed by atoms with van der Waals surface area (Å²) >= 11 is 0. The Labute approximate surface area is 103 Å². The molecule has 1 rings (SSSR count). The first-order chi connectivity index (χ1) is 8.17. The molecule has 17 heavy (non-hydrogen) atoms. The van der Waals surface area contributed by atoms with Gasteiger partial charge in [0.15, 0.2) is 0 Å².